The summed E-state index contributed by atoms with van der Waals surface area (Å²) in [5, 5.41) is 12.8. The van der Waals surface area contributed by atoms with Gasteiger partial charge in [-0.05, 0) is 42.0 Å². The van der Waals surface area contributed by atoms with Crippen LogP contribution in [-0.4, -0.2) is 25.5 Å². The van der Waals surface area contributed by atoms with Crippen LogP contribution in [0.1, 0.15) is 16.1 Å². The Morgan fingerprint density at radius 1 is 0.935 bits per heavy atom. The lowest BCUT2D eigenvalue weighted by Crippen LogP contribution is -2.15. The third-order valence-corrected chi connectivity index (χ3v) is 5.19. The first-order valence-corrected chi connectivity index (χ1v) is 10.3. The van der Waals surface area contributed by atoms with Crippen LogP contribution in [0, 0.1) is 0 Å². The Hall–Kier alpha value is -3.00. The van der Waals surface area contributed by atoms with Crippen LogP contribution in [0.2, 0.25) is 15.1 Å². The van der Waals surface area contributed by atoms with Crippen molar-refractivity contribution in [2.24, 2.45) is 0 Å². The Labute approximate surface area is 193 Å². The van der Waals surface area contributed by atoms with Gasteiger partial charge in [-0.15, -0.1) is 0 Å². The van der Waals surface area contributed by atoms with E-state index in [4.69, 9.17) is 39.5 Å². The molecule has 0 unspecified atom stereocenters. The molecular weight excluding hydrogens is 461 g/mol. The molecule has 0 saturated heterocycles. The van der Waals surface area contributed by atoms with Gasteiger partial charge in [0, 0.05) is 22.4 Å². The molecule has 0 spiro atoms. The number of hydrogen-bond acceptors (Lipinski definition) is 4. The van der Waals surface area contributed by atoms with E-state index in [1.54, 1.807) is 53.5 Å². The number of benzene rings is 2. The molecule has 1 amide bonds. The predicted octanol–water partition coefficient (Wildman–Crippen LogP) is 5.38. The fraction of sp³-hybridized carbons (Fsp3) is 0.0952. The summed E-state index contributed by atoms with van der Waals surface area (Å²) in [4.78, 5) is 12.5. The molecule has 0 atom stereocenters. The van der Waals surface area contributed by atoms with Crippen molar-refractivity contribution < 1.29 is 9.53 Å². The maximum absolute atomic E-state index is 12.5. The van der Waals surface area contributed by atoms with Crippen LogP contribution >= 0.6 is 34.8 Å². The minimum Gasteiger partial charge on any atom is -0.471 e. The van der Waals surface area contributed by atoms with E-state index in [9.17, 15) is 4.79 Å². The molecule has 0 aliphatic heterocycles. The molecule has 7 nitrogen and oxygen atoms in total. The highest BCUT2D eigenvalue weighted by Gasteiger charge is 2.15. The fourth-order valence-electron chi connectivity index (χ4n) is 2.76. The van der Waals surface area contributed by atoms with Crippen molar-refractivity contribution in [1.29, 1.82) is 0 Å². The molecule has 2 heterocycles. The number of nitrogens with zero attached hydrogens (tertiary/aromatic N) is 4. The monoisotopic (exact) mass is 475 g/mol. The van der Waals surface area contributed by atoms with Crippen LogP contribution in [0.25, 0.3) is 0 Å². The fourth-order valence-corrected chi connectivity index (χ4v) is 3.28. The molecule has 158 valence electrons. The zero-order chi connectivity index (χ0) is 21.8. The first kappa shape index (κ1) is 21.2. The second-order valence-corrected chi connectivity index (χ2v) is 7.79. The van der Waals surface area contributed by atoms with Gasteiger partial charge in [0.1, 0.15) is 10.8 Å². The average Bonchev–Trinajstić information content (AvgIpc) is 3.36. The van der Waals surface area contributed by atoms with E-state index in [2.05, 4.69) is 15.5 Å². The molecule has 1 N–H and O–H groups in total. The summed E-state index contributed by atoms with van der Waals surface area (Å²) < 4.78 is 8.72. The van der Waals surface area contributed by atoms with Crippen molar-refractivity contribution in [2.75, 3.05) is 5.32 Å². The molecular formula is C21H16Cl3N5O2. The van der Waals surface area contributed by atoms with E-state index in [0.29, 0.717) is 27.4 Å². The summed E-state index contributed by atoms with van der Waals surface area (Å²) in [6.45, 7) is 0.564. The normalized spacial score (nSPS) is 10.8. The van der Waals surface area contributed by atoms with E-state index in [0.717, 1.165) is 5.56 Å². The number of aromatic nitrogens is 4. The maximum Gasteiger partial charge on any atom is 0.277 e. The summed E-state index contributed by atoms with van der Waals surface area (Å²) in [6.07, 6.45) is 3.27. The van der Waals surface area contributed by atoms with Gasteiger partial charge in [-0.1, -0.05) is 53.0 Å². The second-order valence-electron chi connectivity index (χ2n) is 6.54. The number of carbonyl (C=O) groups excluding carboxylic acids is 1. The Kier molecular flexibility index (Phi) is 6.46. The number of hydrogen-bond donors (Lipinski definition) is 1. The number of halogens is 3. The molecule has 0 saturated carbocycles. The number of amides is 1. The third-order valence-electron chi connectivity index (χ3n) is 4.29. The van der Waals surface area contributed by atoms with Crippen molar-refractivity contribution in [3.05, 3.63) is 93.3 Å². The summed E-state index contributed by atoms with van der Waals surface area (Å²) in [7, 11) is 0. The molecule has 0 aliphatic rings. The molecule has 2 aromatic heterocycles. The van der Waals surface area contributed by atoms with Gasteiger partial charge < -0.3 is 10.1 Å². The number of carbonyl (C=O) groups is 1. The van der Waals surface area contributed by atoms with E-state index < -0.39 is 5.91 Å². The zero-order valence-corrected chi connectivity index (χ0v) is 18.3. The van der Waals surface area contributed by atoms with E-state index in [-0.39, 0.29) is 18.2 Å². The van der Waals surface area contributed by atoms with E-state index >= 15 is 0 Å². The van der Waals surface area contributed by atoms with Crippen LogP contribution < -0.4 is 10.1 Å². The molecule has 4 aromatic rings. The Balaban J connectivity index is 1.38. The number of ether oxygens (including phenoxy) is 1. The molecule has 0 bridgehead atoms. The van der Waals surface area contributed by atoms with E-state index in [1.807, 2.05) is 18.2 Å². The van der Waals surface area contributed by atoms with Gasteiger partial charge in [0.15, 0.2) is 18.2 Å². The molecule has 0 aliphatic carbocycles. The van der Waals surface area contributed by atoms with E-state index in [1.165, 1.54) is 4.68 Å². The molecule has 10 heteroatoms. The Bertz CT molecular complexity index is 1200. The predicted molar refractivity (Wildman–Crippen MR) is 120 cm³/mol. The quantitative estimate of drug-likeness (QED) is 0.389. The van der Waals surface area contributed by atoms with Crippen LogP contribution in [0.5, 0.6) is 5.75 Å². The minimum absolute atomic E-state index is 0.141. The summed E-state index contributed by atoms with van der Waals surface area (Å²) >= 11 is 18.3. The van der Waals surface area contributed by atoms with Gasteiger partial charge in [-0.25, -0.2) is 4.68 Å². The standard InChI is InChI=1S/C21H16Cl3N5O2/c22-15-5-7-16(8-6-15)31-13-28-10-9-19(26-28)21(30)25-20-18(24)12-29(27-20)11-14-3-1-2-4-17(14)23/h1-10,12H,11,13H2,(H,25,27,30). The Morgan fingerprint density at radius 2 is 1.71 bits per heavy atom. The smallest absolute Gasteiger partial charge is 0.277 e. The largest absolute Gasteiger partial charge is 0.471 e. The molecule has 31 heavy (non-hydrogen) atoms. The SMILES string of the molecule is O=C(Nc1nn(Cc2ccccc2Cl)cc1Cl)c1ccn(COc2ccc(Cl)cc2)n1. The third kappa shape index (κ3) is 5.38. The second kappa shape index (κ2) is 9.43. The van der Waals surface area contributed by atoms with Crippen LogP contribution in [-0.2, 0) is 13.3 Å². The molecule has 4 rings (SSSR count). The van der Waals surface area contributed by atoms with Gasteiger partial charge in [0.05, 0.1) is 6.54 Å². The average molecular weight is 477 g/mol. The topological polar surface area (TPSA) is 74.0 Å². The molecule has 0 radical (unpaired) electrons. The maximum atomic E-state index is 12.5. The first-order chi connectivity index (χ1) is 15.0. The number of rotatable bonds is 7. The van der Waals surface area contributed by atoms with Crippen LogP contribution in [0.3, 0.4) is 0 Å². The lowest BCUT2D eigenvalue weighted by atomic mass is 10.2. The number of anilines is 1. The van der Waals surface area contributed by atoms with Crippen molar-refractivity contribution in [2.45, 2.75) is 13.3 Å². The first-order valence-electron chi connectivity index (χ1n) is 9.17. The minimum atomic E-state index is -0.435. The highest BCUT2D eigenvalue weighted by Crippen LogP contribution is 2.22. The summed E-state index contributed by atoms with van der Waals surface area (Å²) in [5.74, 6) is 0.447. The van der Waals surface area contributed by atoms with Crippen molar-refractivity contribution >= 4 is 46.5 Å². The van der Waals surface area contributed by atoms with Gasteiger partial charge >= 0.3 is 0 Å². The molecule has 0 fully saturated rings. The van der Waals surface area contributed by atoms with Crippen LogP contribution in [0.15, 0.2) is 67.0 Å². The van der Waals surface area contributed by atoms with Gasteiger partial charge in [-0.3, -0.25) is 9.48 Å². The lowest BCUT2D eigenvalue weighted by Gasteiger charge is -2.06. The summed E-state index contributed by atoms with van der Waals surface area (Å²) in [5.41, 5.74) is 1.09. The highest BCUT2D eigenvalue weighted by molar-refractivity contribution is 6.33. The Morgan fingerprint density at radius 3 is 2.48 bits per heavy atom. The van der Waals surface area contributed by atoms with Crippen molar-refractivity contribution in [3.63, 3.8) is 0 Å². The van der Waals surface area contributed by atoms with Gasteiger partial charge in [-0.2, -0.15) is 10.2 Å². The van der Waals surface area contributed by atoms with Crippen molar-refractivity contribution in [3.8, 4) is 5.75 Å². The summed E-state index contributed by atoms with van der Waals surface area (Å²) in [6, 6.07) is 16.0. The number of nitrogens with one attached hydrogen (secondary N) is 1. The van der Waals surface area contributed by atoms with Gasteiger partial charge in [0.25, 0.3) is 5.91 Å². The van der Waals surface area contributed by atoms with Crippen molar-refractivity contribution in [1.82, 2.24) is 19.6 Å². The van der Waals surface area contributed by atoms with Crippen LogP contribution in [0.4, 0.5) is 5.82 Å². The van der Waals surface area contributed by atoms with Gasteiger partial charge in [0.2, 0.25) is 0 Å². The molecule has 2 aromatic carbocycles. The zero-order valence-electron chi connectivity index (χ0n) is 16.0. The lowest BCUT2D eigenvalue weighted by molar-refractivity contribution is 0.101. The highest BCUT2D eigenvalue weighted by atomic mass is 35.5.